The van der Waals surface area contributed by atoms with Crippen LogP contribution in [0.25, 0.3) is 6.08 Å². The molecular formula is C14H13BrN3O2S-. The molecule has 0 spiro atoms. The maximum Gasteiger partial charge on any atom is 0.213 e. The van der Waals surface area contributed by atoms with Gasteiger partial charge in [0.1, 0.15) is 5.82 Å². The molecule has 0 amide bonds. The largest absolute Gasteiger partial charge is 0.544 e. The van der Waals surface area contributed by atoms with Crippen molar-refractivity contribution in [2.45, 2.75) is 24.9 Å². The number of nitrogens with one attached hydrogen (secondary N) is 1. The second-order valence-electron chi connectivity index (χ2n) is 4.26. The van der Waals surface area contributed by atoms with E-state index in [0.717, 1.165) is 40.5 Å². The standard InChI is InChI=1S/C14H14BrN3O2S/c1-2-3-12-16-14(18-17-12)21-11(13(19)20)8-9-4-6-10(15)7-5-9/h4-8H,2-3H2,1H3,(H,19,20)(H,16,17,18)/p-1/b11-8-. The fourth-order valence-corrected chi connectivity index (χ4v) is 2.60. The van der Waals surface area contributed by atoms with Crippen LogP contribution < -0.4 is 5.11 Å². The first-order valence-corrected chi connectivity index (χ1v) is 7.97. The third kappa shape index (κ3) is 4.71. The van der Waals surface area contributed by atoms with Gasteiger partial charge in [-0.25, -0.2) is 4.98 Å². The molecule has 0 atom stereocenters. The zero-order chi connectivity index (χ0) is 15.2. The van der Waals surface area contributed by atoms with Crippen molar-refractivity contribution in [3.8, 4) is 0 Å². The van der Waals surface area contributed by atoms with Gasteiger partial charge in [-0.3, -0.25) is 5.10 Å². The van der Waals surface area contributed by atoms with E-state index in [1.54, 1.807) is 6.08 Å². The first-order valence-electron chi connectivity index (χ1n) is 6.36. The molecule has 1 aromatic heterocycles. The number of aryl methyl sites for hydroxylation is 1. The third-order valence-corrected chi connectivity index (χ3v) is 3.97. The lowest BCUT2D eigenvalue weighted by Crippen LogP contribution is -2.23. The number of carboxylic acids is 1. The summed E-state index contributed by atoms with van der Waals surface area (Å²) in [5.41, 5.74) is 0.772. The number of nitrogens with zero attached hydrogens (tertiary/aromatic N) is 2. The van der Waals surface area contributed by atoms with Crippen molar-refractivity contribution >= 4 is 39.7 Å². The van der Waals surface area contributed by atoms with Crippen LogP contribution in [0.4, 0.5) is 0 Å². The van der Waals surface area contributed by atoms with Gasteiger partial charge in [-0.2, -0.15) is 0 Å². The van der Waals surface area contributed by atoms with Gasteiger partial charge in [-0.05, 0) is 42.0 Å². The number of aromatic nitrogens is 3. The van der Waals surface area contributed by atoms with Gasteiger partial charge in [0, 0.05) is 15.8 Å². The number of benzene rings is 1. The van der Waals surface area contributed by atoms with Crippen LogP contribution in [0.1, 0.15) is 24.7 Å². The summed E-state index contributed by atoms with van der Waals surface area (Å²) < 4.78 is 0.931. The molecule has 0 aliphatic heterocycles. The summed E-state index contributed by atoms with van der Waals surface area (Å²) in [5, 5.41) is 18.4. The Kier molecular flexibility index (Phi) is 5.58. The summed E-state index contributed by atoms with van der Waals surface area (Å²) >= 11 is 4.31. The lowest BCUT2D eigenvalue weighted by Gasteiger charge is -2.05. The molecule has 110 valence electrons. The van der Waals surface area contributed by atoms with E-state index < -0.39 is 5.97 Å². The van der Waals surface area contributed by atoms with E-state index in [0.29, 0.717) is 5.16 Å². The number of H-pyrrole nitrogens is 1. The first kappa shape index (κ1) is 15.8. The van der Waals surface area contributed by atoms with Crippen molar-refractivity contribution in [2.24, 2.45) is 0 Å². The number of halogens is 1. The van der Waals surface area contributed by atoms with Crippen LogP contribution in [0.3, 0.4) is 0 Å². The van der Waals surface area contributed by atoms with Gasteiger partial charge >= 0.3 is 0 Å². The highest BCUT2D eigenvalue weighted by molar-refractivity contribution is 9.10. The van der Waals surface area contributed by atoms with Gasteiger partial charge in [0.05, 0.1) is 5.97 Å². The van der Waals surface area contributed by atoms with Crippen LogP contribution >= 0.6 is 27.7 Å². The van der Waals surface area contributed by atoms with Crippen molar-refractivity contribution in [1.82, 2.24) is 15.2 Å². The van der Waals surface area contributed by atoms with Gasteiger partial charge in [0.2, 0.25) is 5.16 Å². The van der Waals surface area contributed by atoms with Gasteiger partial charge in [-0.15, -0.1) is 5.10 Å². The van der Waals surface area contributed by atoms with Crippen LogP contribution in [-0.4, -0.2) is 21.2 Å². The maximum absolute atomic E-state index is 11.2. The molecule has 21 heavy (non-hydrogen) atoms. The second-order valence-corrected chi connectivity index (χ2v) is 6.19. The average molecular weight is 367 g/mol. The van der Waals surface area contributed by atoms with Gasteiger partial charge in [0.25, 0.3) is 0 Å². The maximum atomic E-state index is 11.2. The van der Waals surface area contributed by atoms with E-state index >= 15 is 0 Å². The van der Waals surface area contributed by atoms with Crippen molar-refractivity contribution < 1.29 is 9.90 Å². The molecule has 7 heteroatoms. The number of thioether (sulfide) groups is 1. The predicted octanol–water partition coefficient (Wildman–Crippen LogP) is 2.40. The Balaban J connectivity index is 2.18. The summed E-state index contributed by atoms with van der Waals surface area (Å²) in [6.07, 6.45) is 3.27. The Morgan fingerprint density at radius 1 is 1.43 bits per heavy atom. The van der Waals surface area contributed by atoms with Crippen LogP contribution in [0.5, 0.6) is 0 Å². The van der Waals surface area contributed by atoms with E-state index in [2.05, 4.69) is 31.1 Å². The third-order valence-electron chi connectivity index (χ3n) is 2.57. The number of aromatic amines is 1. The van der Waals surface area contributed by atoms with Crippen LogP contribution in [-0.2, 0) is 11.2 Å². The molecule has 0 unspecified atom stereocenters. The molecule has 0 saturated heterocycles. The lowest BCUT2D eigenvalue weighted by molar-refractivity contribution is -0.297. The minimum Gasteiger partial charge on any atom is -0.544 e. The summed E-state index contributed by atoms with van der Waals surface area (Å²) in [7, 11) is 0. The van der Waals surface area contributed by atoms with Crippen LogP contribution in [0.2, 0.25) is 0 Å². The SMILES string of the molecule is CCCc1nc(S/C(=C\c2ccc(Br)cc2)C(=O)[O-])n[nH]1. The van der Waals surface area contributed by atoms with E-state index in [9.17, 15) is 9.90 Å². The molecule has 1 aromatic carbocycles. The Hall–Kier alpha value is -1.60. The second kappa shape index (κ2) is 7.42. The number of hydrogen-bond acceptors (Lipinski definition) is 5. The zero-order valence-electron chi connectivity index (χ0n) is 11.3. The minimum atomic E-state index is -1.25. The molecule has 1 N–H and O–H groups in total. The normalized spacial score (nSPS) is 11.6. The number of aliphatic carboxylic acids is 1. The molecule has 0 aliphatic rings. The number of rotatable bonds is 6. The highest BCUT2D eigenvalue weighted by Gasteiger charge is 2.08. The molecule has 0 saturated carbocycles. The van der Waals surface area contributed by atoms with E-state index in [4.69, 9.17) is 0 Å². The van der Waals surface area contributed by atoms with Crippen molar-refractivity contribution in [3.63, 3.8) is 0 Å². The molecule has 0 aliphatic carbocycles. The quantitative estimate of drug-likeness (QED) is 0.626. The van der Waals surface area contributed by atoms with Crippen molar-refractivity contribution in [2.75, 3.05) is 0 Å². The fraction of sp³-hybridized carbons (Fsp3) is 0.214. The van der Waals surface area contributed by atoms with E-state index in [1.165, 1.54) is 0 Å². The summed E-state index contributed by atoms with van der Waals surface area (Å²) in [6, 6.07) is 7.31. The van der Waals surface area contributed by atoms with Gasteiger partial charge in [0.15, 0.2) is 0 Å². The molecule has 2 aromatic rings. The molecule has 0 bridgehead atoms. The monoisotopic (exact) mass is 366 g/mol. The molecule has 2 rings (SSSR count). The molecule has 5 nitrogen and oxygen atoms in total. The van der Waals surface area contributed by atoms with Gasteiger partial charge in [-0.1, -0.05) is 35.0 Å². The minimum absolute atomic E-state index is 0.0689. The summed E-state index contributed by atoms with van der Waals surface area (Å²) in [6.45, 7) is 2.04. The summed E-state index contributed by atoms with van der Waals surface area (Å²) in [5.74, 6) is -0.494. The Morgan fingerprint density at radius 2 is 2.14 bits per heavy atom. The summed E-state index contributed by atoms with van der Waals surface area (Å²) in [4.78, 5) is 15.5. The smallest absolute Gasteiger partial charge is 0.213 e. The Bertz CT molecular complexity index is 652. The highest BCUT2D eigenvalue weighted by atomic mass is 79.9. The molecule has 0 fully saturated rings. The first-order chi connectivity index (χ1) is 10.1. The Morgan fingerprint density at radius 3 is 2.76 bits per heavy atom. The Labute approximate surface area is 135 Å². The average Bonchev–Trinajstić information content (AvgIpc) is 2.88. The fourth-order valence-electron chi connectivity index (χ4n) is 1.61. The number of carboxylic acid groups (broad SMARTS) is 1. The van der Waals surface area contributed by atoms with E-state index in [-0.39, 0.29) is 4.91 Å². The lowest BCUT2D eigenvalue weighted by atomic mass is 10.2. The topological polar surface area (TPSA) is 81.7 Å². The van der Waals surface area contributed by atoms with Crippen LogP contribution in [0.15, 0.2) is 38.8 Å². The van der Waals surface area contributed by atoms with Gasteiger partial charge < -0.3 is 9.90 Å². The highest BCUT2D eigenvalue weighted by Crippen LogP contribution is 2.25. The number of carbonyl (C=O) groups excluding carboxylic acids is 1. The zero-order valence-corrected chi connectivity index (χ0v) is 13.7. The molecule has 0 radical (unpaired) electrons. The number of carbonyl (C=O) groups is 1. The molecular weight excluding hydrogens is 354 g/mol. The van der Waals surface area contributed by atoms with Crippen molar-refractivity contribution in [1.29, 1.82) is 0 Å². The van der Waals surface area contributed by atoms with Crippen LogP contribution in [0, 0.1) is 0 Å². The molecule has 1 heterocycles. The van der Waals surface area contributed by atoms with Crippen molar-refractivity contribution in [3.05, 3.63) is 45.0 Å². The predicted molar refractivity (Wildman–Crippen MR) is 83.4 cm³/mol. The number of hydrogen-bond donors (Lipinski definition) is 1. The van der Waals surface area contributed by atoms with E-state index in [1.807, 2.05) is 31.2 Å².